The number of carbonyl (C=O) groups is 1. The first-order chi connectivity index (χ1) is 12.1. The van der Waals surface area contributed by atoms with Crippen LogP contribution in [-0.4, -0.2) is 14.4 Å². The minimum atomic E-state index is -2.63. The number of hydrogen-bond donors (Lipinski definition) is 0. The summed E-state index contributed by atoms with van der Waals surface area (Å²) in [7, 11) is -2.63. The monoisotopic (exact) mass is 361 g/mol. The molecule has 3 nitrogen and oxygen atoms in total. The van der Waals surface area contributed by atoms with Crippen LogP contribution >= 0.6 is 0 Å². The number of nitriles is 1. The van der Waals surface area contributed by atoms with Gasteiger partial charge >= 0.3 is 5.97 Å². The first kappa shape index (κ1) is 19.6. The molecule has 1 saturated heterocycles. The van der Waals surface area contributed by atoms with Crippen LogP contribution in [0.25, 0.3) is 0 Å². The van der Waals surface area contributed by atoms with Gasteiger partial charge in [0.05, 0.1) is 17.6 Å². The third-order valence-electron chi connectivity index (χ3n) is 5.15. The summed E-state index contributed by atoms with van der Waals surface area (Å²) >= 11 is 0. The fourth-order valence-corrected chi connectivity index (χ4v) is 6.83. The molecule has 1 aliphatic rings. The Morgan fingerprint density at radius 1 is 1.20 bits per heavy atom. The van der Waals surface area contributed by atoms with E-state index < -0.39 is 8.41 Å². The Balaban J connectivity index is 1.74. The highest BCUT2D eigenvalue weighted by Gasteiger charge is 2.40. The molecule has 1 aliphatic heterocycles. The van der Waals surface area contributed by atoms with Gasteiger partial charge in [0.2, 0.25) is 8.41 Å². The molecular weight excluding hydrogens is 333 g/mol. The van der Waals surface area contributed by atoms with Gasteiger partial charge in [0.25, 0.3) is 0 Å². The van der Waals surface area contributed by atoms with Gasteiger partial charge in [0, 0.05) is 0 Å². The zero-order valence-corrected chi connectivity index (χ0v) is 16.1. The molecular formula is C20H28FNO2Si. The van der Waals surface area contributed by atoms with E-state index in [4.69, 9.17) is 10.00 Å². The number of hydrogen-bond acceptors (Lipinski definition) is 3. The SMILES string of the molecule is CCCCCCC[Si]1(F)CCC(C(=O)Oc2ccc(C#N)cc2)CC1. The van der Waals surface area contributed by atoms with E-state index in [0.717, 1.165) is 18.9 Å². The van der Waals surface area contributed by atoms with Crippen molar-refractivity contribution < 1.29 is 13.6 Å². The highest BCUT2D eigenvalue weighted by Crippen LogP contribution is 2.38. The molecule has 1 fully saturated rings. The zero-order valence-electron chi connectivity index (χ0n) is 15.1. The summed E-state index contributed by atoms with van der Waals surface area (Å²) in [5.41, 5.74) is 0.532. The lowest BCUT2D eigenvalue weighted by Gasteiger charge is -2.30. The molecule has 0 aromatic heterocycles. The zero-order chi connectivity index (χ0) is 18.1. The van der Waals surface area contributed by atoms with Crippen molar-refractivity contribution in [1.82, 2.24) is 0 Å². The number of rotatable bonds is 8. The molecule has 0 saturated carbocycles. The molecule has 1 aromatic carbocycles. The number of esters is 1. The lowest BCUT2D eigenvalue weighted by molar-refractivity contribution is -0.139. The molecule has 0 aliphatic carbocycles. The molecule has 136 valence electrons. The Kier molecular flexibility index (Phi) is 7.64. The van der Waals surface area contributed by atoms with Crippen molar-refractivity contribution in [3.63, 3.8) is 0 Å². The second kappa shape index (κ2) is 9.72. The van der Waals surface area contributed by atoms with Crippen LogP contribution in [0.3, 0.4) is 0 Å². The van der Waals surface area contributed by atoms with Gasteiger partial charge < -0.3 is 8.84 Å². The second-order valence-electron chi connectivity index (χ2n) is 7.15. The Morgan fingerprint density at radius 3 is 2.44 bits per heavy atom. The number of halogens is 1. The topological polar surface area (TPSA) is 50.1 Å². The Morgan fingerprint density at radius 2 is 1.84 bits per heavy atom. The predicted octanol–water partition coefficient (Wildman–Crippen LogP) is 5.76. The summed E-state index contributed by atoms with van der Waals surface area (Å²) in [5.74, 6) is 0.00469. The van der Waals surface area contributed by atoms with Crippen LogP contribution < -0.4 is 4.74 Å². The van der Waals surface area contributed by atoms with Gasteiger partial charge in [-0.25, -0.2) is 0 Å². The number of ether oxygens (including phenoxy) is 1. The smallest absolute Gasteiger partial charge is 0.314 e. The highest BCUT2D eigenvalue weighted by molar-refractivity contribution is 6.73. The van der Waals surface area contributed by atoms with Crippen LogP contribution in [0.4, 0.5) is 4.11 Å². The van der Waals surface area contributed by atoms with Gasteiger partial charge in [-0.2, -0.15) is 5.26 Å². The van der Waals surface area contributed by atoms with E-state index in [1.54, 1.807) is 24.3 Å². The number of nitrogens with zero attached hydrogens (tertiary/aromatic N) is 1. The lowest BCUT2D eigenvalue weighted by atomic mass is 10.0. The van der Waals surface area contributed by atoms with Crippen molar-refractivity contribution in [2.75, 3.05) is 0 Å². The van der Waals surface area contributed by atoms with E-state index in [9.17, 15) is 8.90 Å². The maximum atomic E-state index is 15.0. The molecule has 0 N–H and O–H groups in total. The first-order valence-electron chi connectivity index (χ1n) is 9.47. The highest BCUT2D eigenvalue weighted by atomic mass is 28.4. The van der Waals surface area contributed by atoms with E-state index in [0.29, 0.717) is 36.2 Å². The maximum absolute atomic E-state index is 15.0. The Hall–Kier alpha value is -1.67. The lowest BCUT2D eigenvalue weighted by Crippen LogP contribution is -2.36. The Labute approximate surface area is 151 Å². The molecule has 0 unspecified atom stereocenters. The minimum absolute atomic E-state index is 0.188. The molecule has 0 atom stereocenters. The van der Waals surface area contributed by atoms with E-state index >= 15 is 0 Å². The Bertz CT molecular complexity index is 589. The normalized spacial score (nSPS) is 23.0. The third-order valence-corrected chi connectivity index (χ3v) is 8.76. The summed E-state index contributed by atoms with van der Waals surface area (Å²) in [6.45, 7) is 2.18. The number of unbranched alkanes of at least 4 members (excludes halogenated alkanes) is 4. The minimum Gasteiger partial charge on any atom is -0.426 e. The molecule has 0 spiro atoms. The fourth-order valence-electron chi connectivity index (χ4n) is 3.46. The summed E-state index contributed by atoms with van der Waals surface area (Å²) in [4.78, 5) is 12.3. The molecule has 0 amide bonds. The van der Waals surface area contributed by atoms with Crippen molar-refractivity contribution in [3.8, 4) is 11.8 Å². The van der Waals surface area contributed by atoms with E-state index in [1.165, 1.54) is 19.3 Å². The van der Waals surface area contributed by atoms with Crippen LogP contribution in [0.2, 0.25) is 18.1 Å². The van der Waals surface area contributed by atoms with E-state index in [1.807, 2.05) is 6.07 Å². The standard InChI is InChI=1S/C20H28FNO2Si/c1-2-3-4-5-6-13-25(21)14-11-18(12-15-25)20(23)24-19-9-7-17(16-22)8-10-19/h7-10,18H,2-6,11-15H2,1H3. The van der Waals surface area contributed by atoms with Crippen LogP contribution in [0.5, 0.6) is 5.75 Å². The summed E-state index contributed by atoms with van der Waals surface area (Å²) < 4.78 is 20.4. The molecule has 0 radical (unpaired) electrons. The molecule has 5 heteroatoms. The van der Waals surface area contributed by atoms with Gasteiger partial charge in [0.1, 0.15) is 5.75 Å². The second-order valence-corrected chi connectivity index (χ2v) is 10.9. The molecule has 0 bridgehead atoms. The van der Waals surface area contributed by atoms with Crippen molar-refractivity contribution in [1.29, 1.82) is 5.26 Å². The predicted molar refractivity (Wildman–Crippen MR) is 99.6 cm³/mol. The van der Waals surface area contributed by atoms with Gasteiger partial charge in [-0.05, 0) is 55.2 Å². The van der Waals surface area contributed by atoms with Crippen LogP contribution in [0.15, 0.2) is 24.3 Å². The van der Waals surface area contributed by atoms with Crippen LogP contribution in [0.1, 0.15) is 57.4 Å². The third kappa shape index (κ3) is 6.28. The van der Waals surface area contributed by atoms with Crippen LogP contribution in [0, 0.1) is 17.2 Å². The fraction of sp³-hybridized carbons (Fsp3) is 0.600. The van der Waals surface area contributed by atoms with Crippen molar-refractivity contribution >= 4 is 14.4 Å². The summed E-state index contributed by atoms with van der Waals surface area (Å²) in [6, 6.07) is 10.5. The number of benzene rings is 1. The average Bonchev–Trinajstić information content (AvgIpc) is 2.62. The summed E-state index contributed by atoms with van der Waals surface area (Å²) in [5, 5.41) is 8.78. The van der Waals surface area contributed by atoms with Crippen LogP contribution in [-0.2, 0) is 4.79 Å². The van der Waals surface area contributed by atoms with Crippen molar-refractivity contribution in [2.45, 2.75) is 70.0 Å². The molecule has 1 heterocycles. The average molecular weight is 362 g/mol. The largest absolute Gasteiger partial charge is 0.426 e. The van der Waals surface area contributed by atoms with E-state index in [-0.39, 0.29) is 11.9 Å². The first-order valence-corrected chi connectivity index (χ1v) is 12.0. The van der Waals surface area contributed by atoms with Gasteiger partial charge in [-0.1, -0.05) is 39.0 Å². The summed E-state index contributed by atoms with van der Waals surface area (Å²) in [6.07, 6.45) is 7.03. The van der Waals surface area contributed by atoms with Gasteiger partial charge in [0.15, 0.2) is 0 Å². The quantitative estimate of drug-likeness (QED) is 0.194. The number of carbonyl (C=O) groups excluding carboxylic acids is 1. The van der Waals surface area contributed by atoms with Crippen molar-refractivity contribution in [2.24, 2.45) is 5.92 Å². The molecule has 25 heavy (non-hydrogen) atoms. The molecule has 1 aromatic rings. The van der Waals surface area contributed by atoms with Gasteiger partial charge in [-0.15, -0.1) is 0 Å². The van der Waals surface area contributed by atoms with E-state index in [2.05, 4.69) is 6.92 Å². The van der Waals surface area contributed by atoms with Gasteiger partial charge in [-0.3, -0.25) is 4.79 Å². The maximum Gasteiger partial charge on any atom is 0.314 e. The molecule has 2 rings (SSSR count). The van der Waals surface area contributed by atoms with Crippen molar-refractivity contribution in [3.05, 3.63) is 29.8 Å².